The molecule has 0 aromatic heterocycles. The van der Waals surface area contributed by atoms with Gasteiger partial charge in [0.2, 0.25) is 5.91 Å². The van der Waals surface area contributed by atoms with Gasteiger partial charge in [0.15, 0.2) is 0 Å². The third kappa shape index (κ3) is 4.46. The van der Waals surface area contributed by atoms with Crippen LogP contribution in [0, 0.1) is 11.8 Å². The average Bonchev–Trinajstić information content (AvgIpc) is 2.45. The van der Waals surface area contributed by atoms with Crippen LogP contribution >= 0.6 is 0 Å². The Hall–Kier alpha value is -0.610. The maximum Gasteiger partial charge on any atom is 0.226 e. The summed E-state index contributed by atoms with van der Waals surface area (Å²) in [7, 11) is 4.18. The number of carbonyl (C=O) groups is 1. The second-order valence-corrected chi connectivity index (χ2v) is 6.36. The molecular weight excluding hydrogens is 238 g/mol. The van der Waals surface area contributed by atoms with E-state index in [9.17, 15) is 4.79 Å². The van der Waals surface area contributed by atoms with Crippen molar-refractivity contribution in [3.63, 3.8) is 0 Å². The van der Waals surface area contributed by atoms with Crippen LogP contribution < -0.4 is 5.32 Å². The summed E-state index contributed by atoms with van der Waals surface area (Å²) >= 11 is 0. The van der Waals surface area contributed by atoms with E-state index in [1.165, 1.54) is 25.9 Å². The molecule has 0 aromatic rings. The predicted molar refractivity (Wildman–Crippen MR) is 78.1 cm³/mol. The van der Waals surface area contributed by atoms with Gasteiger partial charge in [0.05, 0.1) is 5.92 Å². The fourth-order valence-electron chi connectivity index (χ4n) is 3.37. The third-order valence-corrected chi connectivity index (χ3v) is 4.62. The van der Waals surface area contributed by atoms with Gasteiger partial charge in [-0.15, -0.1) is 0 Å². The van der Waals surface area contributed by atoms with E-state index in [1.807, 2.05) is 11.9 Å². The quantitative estimate of drug-likeness (QED) is 0.831. The highest BCUT2D eigenvalue weighted by Crippen LogP contribution is 2.19. The van der Waals surface area contributed by atoms with Crippen molar-refractivity contribution in [1.82, 2.24) is 15.1 Å². The number of amides is 1. The normalized spacial score (nSPS) is 29.2. The van der Waals surface area contributed by atoms with Gasteiger partial charge in [0.1, 0.15) is 0 Å². The van der Waals surface area contributed by atoms with E-state index in [4.69, 9.17) is 0 Å². The topological polar surface area (TPSA) is 35.6 Å². The number of rotatable bonds is 4. The maximum absolute atomic E-state index is 12.3. The van der Waals surface area contributed by atoms with Crippen LogP contribution in [0.2, 0.25) is 0 Å². The van der Waals surface area contributed by atoms with E-state index in [1.54, 1.807) is 0 Å². The molecule has 2 atom stereocenters. The Morgan fingerprint density at radius 2 is 2.21 bits per heavy atom. The average molecular weight is 267 g/mol. The van der Waals surface area contributed by atoms with Crippen molar-refractivity contribution in [1.29, 1.82) is 0 Å². The maximum atomic E-state index is 12.3. The van der Waals surface area contributed by atoms with Crippen LogP contribution in [-0.2, 0) is 4.79 Å². The van der Waals surface area contributed by atoms with Gasteiger partial charge in [-0.2, -0.15) is 0 Å². The second-order valence-electron chi connectivity index (χ2n) is 6.36. The molecule has 110 valence electrons. The summed E-state index contributed by atoms with van der Waals surface area (Å²) in [4.78, 5) is 16.7. The van der Waals surface area contributed by atoms with Crippen LogP contribution in [0.25, 0.3) is 0 Å². The molecule has 2 heterocycles. The summed E-state index contributed by atoms with van der Waals surface area (Å²) < 4.78 is 0. The molecule has 4 heteroatoms. The van der Waals surface area contributed by atoms with E-state index >= 15 is 0 Å². The molecule has 0 bridgehead atoms. The number of likely N-dealkylation sites (tertiary alicyclic amines) is 1. The van der Waals surface area contributed by atoms with Crippen molar-refractivity contribution in [3.8, 4) is 0 Å². The van der Waals surface area contributed by atoms with Crippen LogP contribution in [0.3, 0.4) is 0 Å². The summed E-state index contributed by atoms with van der Waals surface area (Å²) in [6, 6.07) is 0. The molecule has 2 aliphatic rings. The molecule has 2 unspecified atom stereocenters. The van der Waals surface area contributed by atoms with Crippen LogP contribution in [0.1, 0.15) is 32.1 Å². The van der Waals surface area contributed by atoms with Crippen LogP contribution in [0.4, 0.5) is 0 Å². The minimum Gasteiger partial charge on any atom is -0.345 e. The Balaban J connectivity index is 1.70. The molecule has 2 saturated heterocycles. The molecule has 2 rings (SSSR count). The Morgan fingerprint density at radius 3 is 2.89 bits per heavy atom. The Bertz CT molecular complexity index is 289. The lowest BCUT2D eigenvalue weighted by Crippen LogP contribution is -2.42. The van der Waals surface area contributed by atoms with Crippen LogP contribution in [0.5, 0.6) is 0 Å². The SMILES string of the molecule is CN1CCCC(CCN(C)C(=O)C2CCCNC2)C1. The predicted octanol–water partition coefficient (Wildman–Crippen LogP) is 1.18. The molecule has 0 aromatic carbocycles. The Morgan fingerprint density at radius 1 is 1.37 bits per heavy atom. The van der Waals surface area contributed by atoms with E-state index in [0.717, 1.165) is 44.8 Å². The fraction of sp³-hybridized carbons (Fsp3) is 0.933. The summed E-state index contributed by atoms with van der Waals surface area (Å²) in [6.45, 7) is 5.30. The molecule has 1 N–H and O–H groups in total. The zero-order valence-corrected chi connectivity index (χ0v) is 12.5. The van der Waals surface area contributed by atoms with Crippen molar-refractivity contribution >= 4 is 5.91 Å². The summed E-state index contributed by atoms with van der Waals surface area (Å²) in [6.07, 6.45) is 6.00. The lowest BCUT2D eigenvalue weighted by atomic mass is 9.94. The van der Waals surface area contributed by atoms with Gasteiger partial charge in [-0.25, -0.2) is 0 Å². The highest BCUT2D eigenvalue weighted by molar-refractivity contribution is 5.78. The monoisotopic (exact) mass is 267 g/mol. The Kier molecular flexibility index (Phi) is 5.64. The molecular formula is C15H29N3O. The first kappa shape index (κ1) is 14.8. The molecule has 0 aliphatic carbocycles. The van der Waals surface area contributed by atoms with E-state index < -0.39 is 0 Å². The molecule has 4 nitrogen and oxygen atoms in total. The lowest BCUT2D eigenvalue weighted by molar-refractivity contribution is -0.134. The van der Waals surface area contributed by atoms with Crippen LogP contribution in [0.15, 0.2) is 0 Å². The standard InChI is InChI=1S/C15H29N3O/c1-17-9-4-5-13(12-17)7-10-18(2)15(19)14-6-3-8-16-11-14/h13-14,16H,3-12H2,1-2H3. The number of nitrogens with one attached hydrogen (secondary N) is 1. The zero-order valence-electron chi connectivity index (χ0n) is 12.5. The first-order chi connectivity index (χ1) is 9.16. The number of hydrogen-bond acceptors (Lipinski definition) is 3. The molecule has 2 fully saturated rings. The number of hydrogen-bond donors (Lipinski definition) is 1. The lowest BCUT2D eigenvalue weighted by Gasteiger charge is -2.32. The smallest absolute Gasteiger partial charge is 0.226 e. The van der Waals surface area contributed by atoms with Crippen molar-refractivity contribution in [2.45, 2.75) is 32.1 Å². The van der Waals surface area contributed by atoms with Gasteiger partial charge >= 0.3 is 0 Å². The number of nitrogens with zero attached hydrogens (tertiary/aromatic N) is 2. The summed E-state index contributed by atoms with van der Waals surface area (Å²) in [5, 5.41) is 3.33. The minimum atomic E-state index is 0.216. The molecule has 1 amide bonds. The first-order valence-corrected chi connectivity index (χ1v) is 7.81. The van der Waals surface area contributed by atoms with Gasteiger partial charge < -0.3 is 15.1 Å². The van der Waals surface area contributed by atoms with Crippen LogP contribution in [-0.4, -0.2) is 62.5 Å². The van der Waals surface area contributed by atoms with Gasteiger partial charge in [0.25, 0.3) is 0 Å². The zero-order chi connectivity index (χ0) is 13.7. The van der Waals surface area contributed by atoms with Gasteiger partial charge in [-0.1, -0.05) is 0 Å². The minimum absolute atomic E-state index is 0.216. The Labute approximate surface area is 117 Å². The number of piperidine rings is 2. The van der Waals surface area contributed by atoms with E-state index in [-0.39, 0.29) is 5.92 Å². The number of carbonyl (C=O) groups excluding carboxylic acids is 1. The fourth-order valence-corrected chi connectivity index (χ4v) is 3.37. The summed E-state index contributed by atoms with van der Waals surface area (Å²) in [5.41, 5.74) is 0. The summed E-state index contributed by atoms with van der Waals surface area (Å²) in [5.74, 6) is 1.34. The second kappa shape index (κ2) is 7.25. The third-order valence-electron chi connectivity index (χ3n) is 4.62. The van der Waals surface area contributed by atoms with E-state index in [0.29, 0.717) is 5.91 Å². The highest BCUT2D eigenvalue weighted by atomic mass is 16.2. The van der Waals surface area contributed by atoms with Gasteiger partial charge in [0, 0.05) is 26.7 Å². The van der Waals surface area contributed by atoms with Crippen molar-refractivity contribution in [2.24, 2.45) is 11.8 Å². The van der Waals surface area contributed by atoms with Gasteiger partial charge in [-0.05, 0) is 58.2 Å². The van der Waals surface area contributed by atoms with E-state index in [2.05, 4.69) is 17.3 Å². The van der Waals surface area contributed by atoms with Gasteiger partial charge in [-0.3, -0.25) is 4.79 Å². The molecule has 19 heavy (non-hydrogen) atoms. The first-order valence-electron chi connectivity index (χ1n) is 7.81. The largest absolute Gasteiger partial charge is 0.345 e. The molecule has 0 radical (unpaired) electrons. The van der Waals surface area contributed by atoms with Crippen molar-refractivity contribution in [3.05, 3.63) is 0 Å². The molecule has 0 spiro atoms. The van der Waals surface area contributed by atoms with Crippen molar-refractivity contribution in [2.75, 3.05) is 46.8 Å². The molecule has 0 saturated carbocycles. The van der Waals surface area contributed by atoms with Crippen molar-refractivity contribution < 1.29 is 4.79 Å². The highest BCUT2D eigenvalue weighted by Gasteiger charge is 2.24. The molecule has 2 aliphatic heterocycles.